The van der Waals surface area contributed by atoms with Crippen LogP contribution in [0.15, 0.2) is 36.8 Å². The molecule has 98 valence electrons. The van der Waals surface area contributed by atoms with E-state index in [1.54, 1.807) is 30.5 Å². The standard InChI is InChI=1S/C13H14N4O2/c1-9(18)16-10-2-4-11(5-3-10)17-13(19)6-12-7-14-8-15-12/h2-5,7-8H,6H2,1H3,(H,14,15)(H,16,18)(H,17,19). The van der Waals surface area contributed by atoms with E-state index >= 15 is 0 Å². The van der Waals surface area contributed by atoms with Gasteiger partial charge in [0.05, 0.1) is 12.7 Å². The summed E-state index contributed by atoms with van der Waals surface area (Å²) in [6.07, 6.45) is 3.39. The molecule has 2 aromatic rings. The molecule has 3 N–H and O–H groups in total. The second kappa shape index (κ2) is 5.81. The Bertz CT molecular complexity index is 561. The molecule has 0 radical (unpaired) electrons. The van der Waals surface area contributed by atoms with E-state index in [-0.39, 0.29) is 18.2 Å². The summed E-state index contributed by atoms with van der Waals surface area (Å²) in [4.78, 5) is 29.3. The monoisotopic (exact) mass is 258 g/mol. The summed E-state index contributed by atoms with van der Waals surface area (Å²) in [6.45, 7) is 1.44. The predicted molar refractivity (Wildman–Crippen MR) is 71.7 cm³/mol. The number of aromatic amines is 1. The first kappa shape index (κ1) is 12.8. The van der Waals surface area contributed by atoms with Crippen molar-refractivity contribution >= 4 is 23.2 Å². The molecule has 19 heavy (non-hydrogen) atoms. The number of anilines is 2. The number of nitrogens with one attached hydrogen (secondary N) is 3. The molecule has 0 fully saturated rings. The van der Waals surface area contributed by atoms with Gasteiger partial charge in [-0.05, 0) is 24.3 Å². The highest BCUT2D eigenvalue weighted by molar-refractivity contribution is 5.93. The minimum absolute atomic E-state index is 0.128. The molecular formula is C13H14N4O2. The van der Waals surface area contributed by atoms with Crippen molar-refractivity contribution in [1.29, 1.82) is 0 Å². The quantitative estimate of drug-likeness (QED) is 0.777. The number of nitrogens with zero attached hydrogens (tertiary/aromatic N) is 1. The maximum Gasteiger partial charge on any atom is 0.230 e. The van der Waals surface area contributed by atoms with Crippen molar-refractivity contribution in [2.45, 2.75) is 13.3 Å². The summed E-state index contributed by atoms with van der Waals surface area (Å²) in [5, 5.41) is 5.42. The molecule has 1 aromatic carbocycles. The molecule has 0 bridgehead atoms. The van der Waals surface area contributed by atoms with Gasteiger partial charge in [-0.3, -0.25) is 9.59 Å². The largest absolute Gasteiger partial charge is 0.348 e. The molecule has 0 saturated heterocycles. The molecule has 0 atom stereocenters. The predicted octanol–water partition coefficient (Wildman–Crippen LogP) is 1.55. The summed E-state index contributed by atoms with van der Waals surface area (Å²) < 4.78 is 0. The van der Waals surface area contributed by atoms with Crippen molar-refractivity contribution in [2.24, 2.45) is 0 Å². The van der Waals surface area contributed by atoms with Gasteiger partial charge in [-0.1, -0.05) is 0 Å². The fourth-order valence-electron chi connectivity index (χ4n) is 1.60. The maximum atomic E-state index is 11.7. The summed E-state index contributed by atoms with van der Waals surface area (Å²) in [7, 11) is 0. The molecule has 1 aromatic heterocycles. The van der Waals surface area contributed by atoms with E-state index < -0.39 is 0 Å². The Morgan fingerprint density at radius 1 is 1.16 bits per heavy atom. The van der Waals surface area contributed by atoms with Crippen LogP contribution in [-0.4, -0.2) is 21.8 Å². The van der Waals surface area contributed by atoms with Gasteiger partial charge in [-0.2, -0.15) is 0 Å². The van der Waals surface area contributed by atoms with Crippen molar-refractivity contribution in [2.75, 3.05) is 10.6 Å². The normalized spacial score (nSPS) is 9.95. The van der Waals surface area contributed by atoms with Gasteiger partial charge in [0, 0.05) is 30.2 Å². The third-order valence-electron chi connectivity index (χ3n) is 2.39. The smallest absolute Gasteiger partial charge is 0.230 e. The topological polar surface area (TPSA) is 86.9 Å². The van der Waals surface area contributed by atoms with Gasteiger partial charge >= 0.3 is 0 Å². The van der Waals surface area contributed by atoms with E-state index in [9.17, 15) is 9.59 Å². The average molecular weight is 258 g/mol. The fourth-order valence-corrected chi connectivity index (χ4v) is 1.60. The molecule has 0 aliphatic rings. The molecule has 0 spiro atoms. The van der Waals surface area contributed by atoms with E-state index in [4.69, 9.17) is 0 Å². The molecule has 0 saturated carbocycles. The van der Waals surface area contributed by atoms with Crippen LogP contribution in [0.2, 0.25) is 0 Å². The van der Waals surface area contributed by atoms with Crippen LogP contribution in [0.4, 0.5) is 11.4 Å². The van der Waals surface area contributed by atoms with E-state index in [1.807, 2.05) is 0 Å². The number of aromatic nitrogens is 2. The van der Waals surface area contributed by atoms with Gasteiger partial charge in [0.2, 0.25) is 11.8 Å². The van der Waals surface area contributed by atoms with Crippen LogP contribution in [0.1, 0.15) is 12.6 Å². The molecule has 0 aliphatic carbocycles. The van der Waals surface area contributed by atoms with Crippen LogP contribution in [0.3, 0.4) is 0 Å². The Labute approximate surface area is 110 Å². The van der Waals surface area contributed by atoms with Crippen LogP contribution in [0, 0.1) is 0 Å². The number of hydrogen-bond donors (Lipinski definition) is 3. The van der Waals surface area contributed by atoms with Crippen LogP contribution >= 0.6 is 0 Å². The molecule has 6 nitrogen and oxygen atoms in total. The van der Waals surface area contributed by atoms with Crippen LogP contribution in [-0.2, 0) is 16.0 Å². The van der Waals surface area contributed by atoms with Crippen molar-refractivity contribution in [3.8, 4) is 0 Å². The van der Waals surface area contributed by atoms with Crippen molar-refractivity contribution in [3.05, 3.63) is 42.5 Å². The first-order valence-electron chi connectivity index (χ1n) is 5.78. The Kier molecular flexibility index (Phi) is 3.92. The van der Waals surface area contributed by atoms with Crippen molar-refractivity contribution in [3.63, 3.8) is 0 Å². The van der Waals surface area contributed by atoms with E-state index in [0.717, 1.165) is 5.69 Å². The Hall–Kier alpha value is -2.63. The zero-order valence-electron chi connectivity index (χ0n) is 10.4. The van der Waals surface area contributed by atoms with Crippen molar-refractivity contribution in [1.82, 2.24) is 9.97 Å². The number of H-pyrrole nitrogens is 1. The van der Waals surface area contributed by atoms with Gasteiger partial charge in [-0.15, -0.1) is 0 Å². The van der Waals surface area contributed by atoms with Gasteiger partial charge < -0.3 is 15.6 Å². The highest BCUT2D eigenvalue weighted by Crippen LogP contribution is 2.13. The lowest BCUT2D eigenvalue weighted by atomic mass is 10.2. The molecular weight excluding hydrogens is 244 g/mol. The van der Waals surface area contributed by atoms with E-state index in [2.05, 4.69) is 20.6 Å². The first-order chi connectivity index (χ1) is 9.13. The second-order valence-corrected chi connectivity index (χ2v) is 4.06. The maximum absolute atomic E-state index is 11.7. The Balaban J connectivity index is 1.92. The van der Waals surface area contributed by atoms with Crippen LogP contribution < -0.4 is 10.6 Å². The summed E-state index contributed by atoms with van der Waals surface area (Å²) in [5.41, 5.74) is 2.13. The average Bonchev–Trinajstić information content (AvgIpc) is 2.83. The number of imidazole rings is 1. The number of amides is 2. The van der Waals surface area contributed by atoms with Gasteiger partial charge in [0.15, 0.2) is 0 Å². The molecule has 0 unspecified atom stereocenters. The summed E-state index contributed by atoms with van der Waals surface area (Å²) in [6, 6.07) is 6.92. The summed E-state index contributed by atoms with van der Waals surface area (Å²) >= 11 is 0. The lowest BCUT2D eigenvalue weighted by molar-refractivity contribution is -0.116. The lowest BCUT2D eigenvalue weighted by Crippen LogP contribution is -2.14. The highest BCUT2D eigenvalue weighted by atomic mass is 16.2. The lowest BCUT2D eigenvalue weighted by Gasteiger charge is -2.06. The third-order valence-corrected chi connectivity index (χ3v) is 2.39. The van der Waals surface area contributed by atoms with E-state index in [1.165, 1.54) is 13.3 Å². The highest BCUT2D eigenvalue weighted by Gasteiger charge is 2.05. The van der Waals surface area contributed by atoms with Gasteiger partial charge in [-0.25, -0.2) is 4.98 Å². The molecule has 0 aliphatic heterocycles. The van der Waals surface area contributed by atoms with E-state index in [0.29, 0.717) is 11.4 Å². The fraction of sp³-hybridized carbons (Fsp3) is 0.154. The first-order valence-corrected chi connectivity index (χ1v) is 5.78. The third kappa shape index (κ3) is 3.95. The Morgan fingerprint density at radius 2 is 1.79 bits per heavy atom. The molecule has 6 heteroatoms. The zero-order valence-corrected chi connectivity index (χ0v) is 10.4. The summed E-state index contributed by atoms with van der Waals surface area (Å²) in [5.74, 6) is -0.257. The molecule has 1 heterocycles. The number of carbonyl (C=O) groups is 2. The second-order valence-electron chi connectivity index (χ2n) is 4.06. The van der Waals surface area contributed by atoms with Crippen LogP contribution in [0.5, 0.6) is 0 Å². The molecule has 2 rings (SSSR count). The SMILES string of the molecule is CC(=O)Nc1ccc(NC(=O)Cc2cnc[nH]2)cc1. The minimum atomic E-state index is -0.129. The number of benzene rings is 1. The zero-order chi connectivity index (χ0) is 13.7. The van der Waals surface area contributed by atoms with Gasteiger partial charge in [0.1, 0.15) is 0 Å². The molecule has 2 amide bonds. The van der Waals surface area contributed by atoms with Crippen molar-refractivity contribution < 1.29 is 9.59 Å². The number of rotatable bonds is 4. The minimum Gasteiger partial charge on any atom is -0.348 e. The van der Waals surface area contributed by atoms with Crippen LogP contribution in [0.25, 0.3) is 0 Å². The van der Waals surface area contributed by atoms with Gasteiger partial charge in [0.25, 0.3) is 0 Å². The Morgan fingerprint density at radius 3 is 2.32 bits per heavy atom. The number of hydrogen-bond acceptors (Lipinski definition) is 3. The number of carbonyl (C=O) groups excluding carboxylic acids is 2.